The van der Waals surface area contributed by atoms with Crippen LogP contribution >= 0.6 is 0 Å². The topological polar surface area (TPSA) is 85.3 Å². The normalized spacial score (nSPS) is 45.9. The van der Waals surface area contributed by atoms with Crippen molar-refractivity contribution in [3.63, 3.8) is 0 Å². The molecule has 14 atom stereocenters. The van der Waals surface area contributed by atoms with Gasteiger partial charge in [-0.15, -0.1) is 0 Å². The number of aliphatic hydroxyl groups is 1. The summed E-state index contributed by atoms with van der Waals surface area (Å²) < 4.78 is 19.5. The number of allylic oxidation sites excluding steroid dienone is 1. The molecule has 2 aliphatic rings. The van der Waals surface area contributed by atoms with Gasteiger partial charge in [-0.05, 0) is 88.9 Å². The van der Waals surface area contributed by atoms with Gasteiger partial charge in [0.15, 0.2) is 12.1 Å². The van der Waals surface area contributed by atoms with E-state index in [1.54, 1.807) is 19.1 Å². The van der Waals surface area contributed by atoms with Crippen LogP contribution in [0, 0.1) is 47.3 Å². The molecule has 42 heavy (non-hydrogen) atoms. The molecule has 0 aromatic heterocycles. The molecule has 2 rings (SSSR count). The van der Waals surface area contributed by atoms with Gasteiger partial charge in [0, 0.05) is 30.2 Å². The Hall–Kier alpha value is -1.28. The number of hydrogen-bond acceptors (Lipinski definition) is 7. The molecule has 0 saturated carbocycles. The van der Waals surface area contributed by atoms with E-state index in [9.17, 15) is 14.7 Å². The van der Waals surface area contributed by atoms with Crippen LogP contribution in [0.25, 0.3) is 0 Å². The molecule has 0 aromatic carbocycles. The zero-order valence-corrected chi connectivity index (χ0v) is 28.9. The Kier molecular flexibility index (Phi) is 13.7. The van der Waals surface area contributed by atoms with Gasteiger partial charge in [0.05, 0.1) is 17.8 Å². The summed E-state index contributed by atoms with van der Waals surface area (Å²) in [4.78, 5) is 28.9. The smallest absolute Gasteiger partial charge is 0.306 e. The monoisotopic (exact) mass is 593 g/mol. The summed E-state index contributed by atoms with van der Waals surface area (Å²) in [6.07, 6.45) is 4.66. The average Bonchev–Trinajstić information content (AvgIpc) is 2.91. The Morgan fingerprint density at radius 2 is 1.57 bits per heavy atom. The fourth-order valence-corrected chi connectivity index (χ4v) is 7.61. The second-order valence-electron chi connectivity index (χ2n) is 14.4. The molecular weight excluding hydrogens is 530 g/mol. The van der Waals surface area contributed by atoms with Gasteiger partial charge in [-0.3, -0.25) is 9.59 Å². The van der Waals surface area contributed by atoms with Crippen LogP contribution in [0.15, 0.2) is 12.2 Å². The first-order valence-electron chi connectivity index (χ1n) is 16.6. The lowest BCUT2D eigenvalue weighted by Gasteiger charge is -2.48. The second kappa shape index (κ2) is 15.6. The van der Waals surface area contributed by atoms with Gasteiger partial charge in [0.25, 0.3) is 0 Å². The number of cyclic esters (lactones) is 1. The first kappa shape index (κ1) is 36.9. The van der Waals surface area contributed by atoms with E-state index < -0.39 is 5.60 Å². The van der Waals surface area contributed by atoms with Crippen molar-refractivity contribution in [1.82, 2.24) is 4.90 Å². The minimum Gasteiger partial charge on any atom is -0.462 e. The van der Waals surface area contributed by atoms with Crippen molar-refractivity contribution in [2.45, 2.75) is 138 Å². The SMILES string of the molecule is CC[C@@H]1[C@@H](CC)OC(=O)C[C@@H](C)[C@H](C)[C@@H](OC2OC(C)C(C)C(N(C)C)C2C)[C@@H](C)C[C@@H](C)C(=O)/C=C/C(C)(O)[C@H]1C. The number of hydrogen-bond donors (Lipinski definition) is 1. The summed E-state index contributed by atoms with van der Waals surface area (Å²) >= 11 is 0. The largest absolute Gasteiger partial charge is 0.462 e. The van der Waals surface area contributed by atoms with Crippen molar-refractivity contribution >= 4 is 11.8 Å². The highest BCUT2D eigenvalue weighted by atomic mass is 16.7. The van der Waals surface area contributed by atoms with Gasteiger partial charge in [0.2, 0.25) is 0 Å². The first-order valence-corrected chi connectivity index (χ1v) is 16.6. The summed E-state index contributed by atoms with van der Waals surface area (Å²) in [6, 6.07) is 0.307. The number of rotatable bonds is 5. The number of carbonyl (C=O) groups is 2. The van der Waals surface area contributed by atoms with Gasteiger partial charge in [-0.1, -0.05) is 62.3 Å². The quantitative estimate of drug-likeness (QED) is 0.363. The Bertz CT molecular complexity index is 902. The van der Waals surface area contributed by atoms with Crippen LogP contribution in [0.4, 0.5) is 0 Å². The van der Waals surface area contributed by atoms with Gasteiger partial charge in [-0.25, -0.2) is 0 Å². The third kappa shape index (κ3) is 8.89. The predicted octanol–water partition coefficient (Wildman–Crippen LogP) is 6.52. The van der Waals surface area contributed by atoms with Crippen LogP contribution in [0.2, 0.25) is 0 Å². The van der Waals surface area contributed by atoms with Gasteiger partial charge in [-0.2, -0.15) is 0 Å². The molecule has 0 spiro atoms. The minimum absolute atomic E-state index is 0.00163. The molecule has 244 valence electrons. The molecule has 0 amide bonds. The standard InChI is InChI=1S/C35H63NO6/c1-14-28-26(9)35(11,39)17-16-29(37)21(4)18-22(5)33(23(6)20(3)19-31(38)41-30(28)15-2)42-34-25(8)32(36(12)13)24(7)27(10)40-34/h16-17,20-28,30,32-34,39H,14-15,18-19H2,1-13H3/b17-16+/t20-,21-,22+,23+,24?,25?,26+,27?,28+,30-,32?,33+,34?,35?/m1/s1. The number of nitrogens with zero attached hydrogens (tertiary/aromatic N) is 1. The van der Waals surface area contributed by atoms with Crippen molar-refractivity contribution in [2.24, 2.45) is 47.3 Å². The van der Waals surface area contributed by atoms with Gasteiger partial charge < -0.3 is 24.2 Å². The van der Waals surface area contributed by atoms with Crippen LogP contribution in [0.5, 0.6) is 0 Å². The van der Waals surface area contributed by atoms with E-state index in [1.807, 2.05) is 20.8 Å². The average molecular weight is 594 g/mol. The highest BCUT2D eigenvalue weighted by Gasteiger charge is 2.44. The molecular formula is C35H63NO6. The third-order valence-corrected chi connectivity index (χ3v) is 10.9. The number of esters is 1. The molecule has 1 fully saturated rings. The molecule has 2 aliphatic heterocycles. The number of ether oxygens (including phenoxy) is 3. The highest BCUT2D eigenvalue weighted by Crippen LogP contribution is 2.39. The summed E-state index contributed by atoms with van der Waals surface area (Å²) in [7, 11) is 4.23. The maximum absolute atomic E-state index is 13.3. The van der Waals surface area contributed by atoms with Crippen molar-refractivity contribution in [3.05, 3.63) is 12.2 Å². The van der Waals surface area contributed by atoms with E-state index in [-0.39, 0.29) is 84.2 Å². The number of carbonyl (C=O) groups excluding carboxylic acids is 2. The Morgan fingerprint density at radius 1 is 0.952 bits per heavy atom. The molecule has 0 bridgehead atoms. The van der Waals surface area contributed by atoms with E-state index in [0.717, 1.165) is 6.42 Å². The predicted molar refractivity (Wildman–Crippen MR) is 169 cm³/mol. The third-order valence-electron chi connectivity index (χ3n) is 10.9. The van der Waals surface area contributed by atoms with Crippen LogP contribution < -0.4 is 0 Å². The Balaban J connectivity index is 2.46. The molecule has 0 aromatic rings. The van der Waals surface area contributed by atoms with E-state index >= 15 is 0 Å². The lowest BCUT2D eigenvalue weighted by Crippen LogP contribution is -2.56. The zero-order chi connectivity index (χ0) is 32.1. The van der Waals surface area contributed by atoms with Gasteiger partial charge >= 0.3 is 5.97 Å². The summed E-state index contributed by atoms with van der Waals surface area (Å²) in [6.45, 7) is 22.7. The fourth-order valence-electron chi connectivity index (χ4n) is 7.61. The summed E-state index contributed by atoms with van der Waals surface area (Å²) in [5, 5.41) is 11.4. The maximum Gasteiger partial charge on any atom is 0.306 e. The Labute approximate surface area is 257 Å². The van der Waals surface area contributed by atoms with E-state index in [0.29, 0.717) is 24.8 Å². The zero-order valence-electron chi connectivity index (χ0n) is 28.9. The van der Waals surface area contributed by atoms with Crippen molar-refractivity contribution in [1.29, 1.82) is 0 Å². The maximum atomic E-state index is 13.3. The van der Waals surface area contributed by atoms with Crippen molar-refractivity contribution in [3.8, 4) is 0 Å². The summed E-state index contributed by atoms with van der Waals surface area (Å²) in [5.41, 5.74) is -1.21. The van der Waals surface area contributed by atoms with Crippen LogP contribution in [-0.2, 0) is 23.8 Å². The fraction of sp³-hybridized carbons (Fsp3) is 0.886. The molecule has 7 heteroatoms. The van der Waals surface area contributed by atoms with Crippen LogP contribution in [0.3, 0.4) is 0 Å². The lowest BCUT2D eigenvalue weighted by atomic mass is 9.75. The first-order chi connectivity index (χ1) is 19.5. The highest BCUT2D eigenvalue weighted by molar-refractivity contribution is 5.91. The minimum atomic E-state index is -1.21. The van der Waals surface area contributed by atoms with E-state index in [2.05, 4.69) is 67.5 Å². The molecule has 2 heterocycles. The molecule has 6 unspecified atom stereocenters. The molecule has 0 radical (unpaired) electrons. The molecule has 0 aliphatic carbocycles. The number of ketones is 1. The van der Waals surface area contributed by atoms with E-state index in [4.69, 9.17) is 14.2 Å². The molecule has 7 nitrogen and oxygen atoms in total. The molecule has 1 saturated heterocycles. The lowest BCUT2D eigenvalue weighted by molar-refractivity contribution is -0.275. The van der Waals surface area contributed by atoms with Crippen LogP contribution in [-0.4, -0.2) is 72.1 Å². The van der Waals surface area contributed by atoms with Crippen molar-refractivity contribution in [2.75, 3.05) is 14.1 Å². The van der Waals surface area contributed by atoms with E-state index in [1.165, 1.54) is 0 Å². The molecule has 1 N–H and O–H groups in total. The van der Waals surface area contributed by atoms with Gasteiger partial charge in [0.1, 0.15) is 6.10 Å². The van der Waals surface area contributed by atoms with Crippen LogP contribution in [0.1, 0.15) is 102 Å². The Morgan fingerprint density at radius 3 is 2.12 bits per heavy atom. The van der Waals surface area contributed by atoms with Crippen molar-refractivity contribution < 1.29 is 28.9 Å². The summed E-state index contributed by atoms with van der Waals surface area (Å²) in [5.74, 6) is -0.106. The second-order valence-corrected chi connectivity index (χ2v) is 14.4.